The van der Waals surface area contributed by atoms with E-state index in [4.69, 9.17) is 9.47 Å². The zero-order valence-corrected chi connectivity index (χ0v) is 16.7. The third-order valence-electron chi connectivity index (χ3n) is 6.15. The van der Waals surface area contributed by atoms with E-state index in [1.165, 1.54) is 0 Å². The standard InChI is InChI=1S/C24H25NO5/c1-2-11-24(12-13-29-15-24)21(22(26)27)25-23(28)30-14-20-18-9-5-3-7-16(18)17-8-4-6-10-19(17)20/h2-10,20-21H,1,11-15H2,(H,25,28)(H,26,27)/t21-,24?/m1/s1. The number of nitrogens with one attached hydrogen (secondary N) is 1. The van der Waals surface area contributed by atoms with Crippen LogP contribution in [0.2, 0.25) is 0 Å². The van der Waals surface area contributed by atoms with E-state index in [1.807, 2.05) is 36.4 Å². The molecule has 30 heavy (non-hydrogen) atoms. The van der Waals surface area contributed by atoms with Crippen molar-refractivity contribution in [2.45, 2.75) is 24.8 Å². The molecule has 2 aromatic carbocycles. The third-order valence-corrected chi connectivity index (χ3v) is 6.15. The fourth-order valence-corrected chi connectivity index (χ4v) is 4.65. The zero-order chi connectivity index (χ0) is 21.1. The molecule has 1 fully saturated rings. The quantitative estimate of drug-likeness (QED) is 0.679. The molecule has 2 atom stereocenters. The van der Waals surface area contributed by atoms with Gasteiger partial charge in [-0.05, 0) is 35.1 Å². The van der Waals surface area contributed by atoms with Crippen molar-refractivity contribution in [1.29, 1.82) is 0 Å². The summed E-state index contributed by atoms with van der Waals surface area (Å²) in [4.78, 5) is 24.5. The van der Waals surface area contributed by atoms with Crippen molar-refractivity contribution in [2.75, 3.05) is 19.8 Å². The Morgan fingerprint density at radius 2 is 1.83 bits per heavy atom. The van der Waals surface area contributed by atoms with Gasteiger partial charge in [-0.3, -0.25) is 0 Å². The van der Waals surface area contributed by atoms with Gasteiger partial charge in [0.25, 0.3) is 0 Å². The number of hydrogen-bond donors (Lipinski definition) is 2. The van der Waals surface area contributed by atoms with Gasteiger partial charge in [-0.15, -0.1) is 6.58 Å². The Bertz CT molecular complexity index is 918. The Morgan fingerprint density at radius 1 is 1.20 bits per heavy atom. The van der Waals surface area contributed by atoms with Crippen molar-refractivity contribution >= 4 is 12.1 Å². The third kappa shape index (κ3) is 3.59. The second kappa shape index (κ2) is 8.32. The molecule has 4 rings (SSSR count). The fraction of sp³-hybridized carbons (Fsp3) is 0.333. The molecule has 6 nitrogen and oxygen atoms in total. The van der Waals surface area contributed by atoms with Crippen LogP contribution in [0.5, 0.6) is 0 Å². The van der Waals surface area contributed by atoms with Crippen molar-refractivity contribution in [3.8, 4) is 11.1 Å². The first kappa shape index (κ1) is 20.2. The number of alkyl carbamates (subject to hydrolysis) is 1. The molecule has 1 aliphatic carbocycles. The molecule has 0 aromatic heterocycles. The number of hydrogen-bond acceptors (Lipinski definition) is 4. The minimum Gasteiger partial charge on any atom is -0.480 e. The molecule has 1 unspecified atom stereocenters. The molecular weight excluding hydrogens is 382 g/mol. The van der Waals surface area contributed by atoms with Gasteiger partial charge in [-0.2, -0.15) is 0 Å². The number of carbonyl (C=O) groups excluding carboxylic acids is 1. The number of amides is 1. The second-order valence-corrected chi connectivity index (χ2v) is 7.90. The molecule has 0 radical (unpaired) electrons. The predicted molar refractivity (Wildman–Crippen MR) is 112 cm³/mol. The summed E-state index contributed by atoms with van der Waals surface area (Å²) in [7, 11) is 0. The van der Waals surface area contributed by atoms with Gasteiger partial charge in [0.05, 0.1) is 6.61 Å². The van der Waals surface area contributed by atoms with Crippen LogP contribution in [-0.2, 0) is 14.3 Å². The van der Waals surface area contributed by atoms with Gasteiger partial charge >= 0.3 is 12.1 Å². The Balaban J connectivity index is 1.48. The Labute approximate surface area is 175 Å². The van der Waals surface area contributed by atoms with E-state index < -0.39 is 23.5 Å². The van der Waals surface area contributed by atoms with E-state index in [-0.39, 0.29) is 19.1 Å². The number of benzene rings is 2. The molecule has 1 amide bonds. The highest BCUT2D eigenvalue weighted by atomic mass is 16.5. The van der Waals surface area contributed by atoms with Crippen molar-refractivity contribution in [2.24, 2.45) is 5.41 Å². The molecule has 6 heteroatoms. The van der Waals surface area contributed by atoms with Crippen LogP contribution in [0.3, 0.4) is 0 Å². The topological polar surface area (TPSA) is 84.9 Å². The highest BCUT2D eigenvalue weighted by molar-refractivity contribution is 5.81. The molecule has 0 bridgehead atoms. The summed E-state index contributed by atoms with van der Waals surface area (Å²) >= 11 is 0. The van der Waals surface area contributed by atoms with Crippen LogP contribution in [0.1, 0.15) is 29.9 Å². The zero-order valence-electron chi connectivity index (χ0n) is 16.7. The highest BCUT2D eigenvalue weighted by Gasteiger charge is 2.46. The summed E-state index contributed by atoms with van der Waals surface area (Å²) in [6, 6.07) is 15.0. The molecule has 1 saturated heterocycles. The van der Waals surface area contributed by atoms with Crippen LogP contribution >= 0.6 is 0 Å². The minimum atomic E-state index is -1.10. The van der Waals surface area contributed by atoms with E-state index in [0.29, 0.717) is 19.4 Å². The second-order valence-electron chi connectivity index (χ2n) is 7.90. The normalized spacial score (nSPS) is 20.8. The number of carboxylic acids is 1. The summed E-state index contributed by atoms with van der Waals surface area (Å²) < 4.78 is 11.0. The molecule has 1 heterocycles. The molecule has 1 aliphatic heterocycles. The number of carboxylic acid groups (broad SMARTS) is 1. The minimum absolute atomic E-state index is 0.0802. The number of carbonyl (C=O) groups is 2. The molecule has 156 valence electrons. The lowest BCUT2D eigenvalue weighted by atomic mass is 9.76. The fourth-order valence-electron chi connectivity index (χ4n) is 4.65. The summed E-state index contributed by atoms with van der Waals surface area (Å²) in [5.41, 5.74) is 3.78. The molecule has 2 aliphatic rings. The van der Waals surface area contributed by atoms with Crippen LogP contribution in [0.15, 0.2) is 61.2 Å². The van der Waals surface area contributed by atoms with E-state index in [9.17, 15) is 14.7 Å². The number of rotatable bonds is 7. The summed E-state index contributed by atoms with van der Waals surface area (Å²) in [5, 5.41) is 12.3. The van der Waals surface area contributed by atoms with Gasteiger partial charge in [0.1, 0.15) is 12.6 Å². The Kier molecular flexibility index (Phi) is 5.59. The molecule has 2 N–H and O–H groups in total. The van der Waals surface area contributed by atoms with Gasteiger partial charge in [-0.25, -0.2) is 9.59 Å². The SMILES string of the molecule is C=CCC1([C@H](NC(=O)OCC2c3ccccc3-c3ccccc32)C(=O)O)CCOC1. The number of ether oxygens (including phenoxy) is 2. The maximum Gasteiger partial charge on any atom is 0.407 e. The number of aliphatic carboxylic acids is 1. The first-order chi connectivity index (χ1) is 14.6. The first-order valence-electron chi connectivity index (χ1n) is 10.1. The number of allylic oxidation sites excluding steroid dienone is 1. The van der Waals surface area contributed by atoms with Crippen molar-refractivity contribution in [3.63, 3.8) is 0 Å². The largest absolute Gasteiger partial charge is 0.480 e. The lowest BCUT2D eigenvalue weighted by Crippen LogP contribution is -2.53. The van der Waals surface area contributed by atoms with E-state index in [0.717, 1.165) is 22.3 Å². The van der Waals surface area contributed by atoms with Crippen LogP contribution in [0.4, 0.5) is 4.79 Å². The first-order valence-corrected chi connectivity index (χ1v) is 10.1. The average molecular weight is 407 g/mol. The molecule has 0 saturated carbocycles. The lowest BCUT2D eigenvalue weighted by molar-refractivity contribution is -0.143. The molecular formula is C24H25NO5. The Morgan fingerprint density at radius 3 is 2.37 bits per heavy atom. The van der Waals surface area contributed by atoms with Gasteiger partial charge in [0.2, 0.25) is 0 Å². The smallest absolute Gasteiger partial charge is 0.407 e. The summed E-state index contributed by atoms with van der Waals surface area (Å²) in [6.07, 6.45) is 1.91. The van der Waals surface area contributed by atoms with Crippen LogP contribution in [-0.4, -0.2) is 43.0 Å². The number of fused-ring (bicyclic) bond motifs is 3. The Hall–Kier alpha value is -3.12. The van der Waals surface area contributed by atoms with Gasteiger partial charge < -0.3 is 19.9 Å². The maximum absolute atomic E-state index is 12.6. The van der Waals surface area contributed by atoms with Crippen molar-refractivity contribution < 1.29 is 24.2 Å². The maximum atomic E-state index is 12.6. The van der Waals surface area contributed by atoms with E-state index in [1.54, 1.807) is 6.08 Å². The van der Waals surface area contributed by atoms with Gasteiger partial charge in [0, 0.05) is 17.9 Å². The van der Waals surface area contributed by atoms with E-state index in [2.05, 4.69) is 24.0 Å². The van der Waals surface area contributed by atoms with Gasteiger partial charge in [-0.1, -0.05) is 54.6 Å². The summed E-state index contributed by atoms with van der Waals surface area (Å²) in [6.45, 7) is 4.59. The van der Waals surface area contributed by atoms with Crippen LogP contribution < -0.4 is 5.32 Å². The monoisotopic (exact) mass is 407 g/mol. The van der Waals surface area contributed by atoms with E-state index >= 15 is 0 Å². The van der Waals surface area contributed by atoms with Gasteiger partial charge in [0.15, 0.2) is 0 Å². The predicted octanol–water partition coefficient (Wildman–Crippen LogP) is 3.96. The molecule has 0 spiro atoms. The van der Waals surface area contributed by atoms with Crippen molar-refractivity contribution in [1.82, 2.24) is 5.32 Å². The average Bonchev–Trinajstić information content (AvgIpc) is 3.34. The lowest BCUT2D eigenvalue weighted by Gasteiger charge is -2.32. The molecule has 2 aromatic rings. The summed E-state index contributed by atoms with van der Waals surface area (Å²) in [5.74, 6) is -1.18. The van der Waals surface area contributed by atoms with Crippen LogP contribution in [0, 0.1) is 5.41 Å². The van der Waals surface area contributed by atoms with Crippen molar-refractivity contribution in [3.05, 3.63) is 72.3 Å². The van der Waals surface area contributed by atoms with Crippen LogP contribution in [0.25, 0.3) is 11.1 Å². The highest BCUT2D eigenvalue weighted by Crippen LogP contribution is 2.44.